The average molecular weight is 286 g/mol. The Morgan fingerprint density at radius 2 is 2.11 bits per heavy atom. The number of halogens is 1. The van der Waals surface area contributed by atoms with Crippen molar-refractivity contribution in [2.75, 3.05) is 0 Å². The van der Waals surface area contributed by atoms with Crippen LogP contribution in [0.1, 0.15) is 22.5 Å². The Morgan fingerprint density at radius 3 is 2.58 bits per heavy atom. The van der Waals surface area contributed by atoms with Gasteiger partial charge < -0.3 is 16.2 Å². The highest BCUT2D eigenvalue weighted by molar-refractivity contribution is 6.29. The zero-order valence-electron chi connectivity index (χ0n) is 10.0. The molecule has 1 aromatic heterocycles. The Labute approximate surface area is 113 Å². The van der Waals surface area contributed by atoms with Gasteiger partial charge in [0.15, 0.2) is 0 Å². The molecule has 0 saturated carbocycles. The van der Waals surface area contributed by atoms with Gasteiger partial charge in [0.1, 0.15) is 11.2 Å². The summed E-state index contributed by atoms with van der Waals surface area (Å²) in [7, 11) is 0. The summed E-state index contributed by atoms with van der Waals surface area (Å²) in [5.74, 6) is -2.83. The summed E-state index contributed by atoms with van der Waals surface area (Å²) < 4.78 is 0. The number of hydrogen-bond acceptors (Lipinski definition) is 4. The molecule has 1 aromatic rings. The first kappa shape index (κ1) is 14.9. The molecular formula is C11H12ClN3O4. The second kappa shape index (κ2) is 6.14. The molecule has 0 bridgehead atoms. The molecule has 0 aliphatic heterocycles. The number of aromatic nitrogens is 1. The molecule has 8 heteroatoms. The molecule has 2 amide bonds. The Morgan fingerprint density at radius 1 is 1.47 bits per heavy atom. The van der Waals surface area contributed by atoms with Gasteiger partial charge in [0.25, 0.3) is 5.91 Å². The number of nitrogens with two attached hydrogens (primary N) is 1. The highest BCUT2D eigenvalue weighted by atomic mass is 35.5. The van der Waals surface area contributed by atoms with Crippen molar-refractivity contribution >= 4 is 29.4 Å². The van der Waals surface area contributed by atoms with Crippen LogP contribution in [-0.4, -0.2) is 33.9 Å². The minimum absolute atomic E-state index is 0.118. The fourth-order valence-corrected chi connectivity index (χ4v) is 1.65. The van der Waals surface area contributed by atoms with Gasteiger partial charge in [-0.1, -0.05) is 11.6 Å². The Hall–Kier alpha value is -2.15. The molecule has 0 aliphatic rings. The Balaban J connectivity index is 2.87. The Kier molecular flexibility index (Phi) is 4.82. The molecule has 1 heterocycles. The molecule has 0 spiro atoms. The molecule has 0 unspecified atom stereocenters. The zero-order valence-corrected chi connectivity index (χ0v) is 10.8. The molecule has 1 rings (SSSR count). The van der Waals surface area contributed by atoms with Gasteiger partial charge in [-0.25, -0.2) is 9.78 Å². The number of nitrogens with zero attached hydrogens (tertiary/aromatic N) is 1. The van der Waals surface area contributed by atoms with Crippen molar-refractivity contribution in [3.8, 4) is 0 Å². The third-order valence-corrected chi connectivity index (χ3v) is 2.39. The number of carbonyl (C=O) groups is 3. The van der Waals surface area contributed by atoms with E-state index in [1.807, 2.05) is 0 Å². The van der Waals surface area contributed by atoms with Crippen LogP contribution < -0.4 is 11.1 Å². The standard InChI is InChI=1S/C11H12ClN3O4/c1-5-2-6(3-8(12)14-5)10(17)15-7(11(18)19)4-9(13)16/h2-3,7H,4H2,1H3,(H2,13,16)(H,15,17)(H,18,19)/t7-/m0/s1. The average Bonchev–Trinajstić information content (AvgIpc) is 2.25. The molecule has 7 nitrogen and oxygen atoms in total. The van der Waals surface area contributed by atoms with Crippen LogP contribution in [0, 0.1) is 6.92 Å². The lowest BCUT2D eigenvalue weighted by Crippen LogP contribution is -2.43. The van der Waals surface area contributed by atoms with E-state index in [1.165, 1.54) is 12.1 Å². The van der Waals surface area contributed by atoms with Crippen molar-refractivity contribution in [1.29, 1.82) is 0 Å². The van der Waals surface area contributed by atoms with E-state index in [-0.39, 0.29) is 10.7 Å². The van der Waals surface area contributed by atoms with Gasteiger partial charge in [-0.2, -0.15) is 0 Å². The SMILES string of the molecule is Cc1cc(C(=O)N[C@@H](CC(N)=O)C(=O)O)cc(Cl)n1. The summed E-state index contributed by atoms with van der Waals surface area (Å²) in [4.78, 5) is 37.3. The fourth-order valence-electron chi connectivity index (χ4n) is 1.40. The number of carboxylic acid groups (broad SMARTS) is 1. The predicted octanol–water partition coefficient (Wildman–Crippen LogP) is 0.102. The monoisotopic (exact) mass is 285 g/mol. The van der Waals surface area contributed by atoms with E-state index < -0.39 is 30.2 Å². The molecule has 102 valence electrons. The Bertz CT molecular complexity index is 512. The highest BCUT2D eigenvalue weighted by Crippen LogP contribution is 2.10. The summed E-state index contributed by atoms with van der Waals surface area (Å²) >= 11 is 5.70. The van der Waals surface area contributed by atoms with Crippen LogP contribution in [0.15, 0.2) is 12.1 Å². The summed E-state index contributed by atoms with van der Waals surface area (Å²) in [6.45, 7) is 1.64. The second-order valence-corrected chi connectivity index (χ2v) is 4.24. The number of aliphatic carboxylic acids is 1. The number of nitrogens with one attached hydrogen (secondary N) is 1. The van der Waals surface area contributed by atoms with Crippen LogP contribution in [0.2, 0.25) is 5.15 Å². The van der Waals surface area contributed by atoms with E-state index in [0.29, 0.717) is 5.69 Å². The second-order valence-electron chi connectivity index (χ2n) is 3.85. The maximum Gasteiger partial charge on any atom is 0.326 e. The fraction of sp³-hybridized carbons (Fsp3) is 0.273. The number of rotatable bonds is 5. The van der Waals surface area contributed by atoms with E-state index in [0.717, 1.165) is 0 Å². The number of carbonyl (C=O) groups excluding carboxylic acids is 2. The number of aryl methyl sites for hydroxylation is 1. The molecule has 0 aromatic carbocycles. The molecule has 1 atom stereocenters. The molecule has 0 fully saturated rings. The highest BCUT2D eigenvalue weighted by Gasteiger charge is 2.23. The van der Waals surface area contributed by atoms with Crippen molar-refractivity contribution in [3.63, 3.8) is 0 Å². The first-order valence-electron chi connectivity index (χ1n) is 5.25. The van der Waals surface area contributed by atoms with Crippen LogP contribution in [0.5, 0.6) is 0 Å². The van der Waals surface area contributed by atoms with E-state index in [4.69, 9.17) is 22.4 Å². The van der Waals surface area contributed by atoms with Gasteiger partial charge in [-0.3, -0.25) is 9.59 Å². The maximum atomic E-state index is 11.8. The van der Waals surface area contributed by atoms with Crippen molar-refractivity contribution < 1.29 is 19.5 Å². The molecule has 0 radical (unpaired) electrons. The van der Waals surface area contributed by atoms with Crippen molar-refractivity contribution in [2.45, 2.75) is 19.4 Å². The third kappa shape index (κ3) is 4.55. The lowest BCUT2D eigenvalue weighted by atomic mass is 10.1. The van der Waals surface area contributed by atoms with Crippen molar-refractivity contribution in [1.82, 2.24) is 10.3 Å². The largest absolute Gasteiger partial charge is 0.480 e. The quantitative estimate of drug-likeness (QED) is 0.662. The van der Waals surface area contributed by atoms with Gasteiger partial charge in [-0.15, -0.1) is 0 Å². The van der Waals surface area contributed by atoms with Crippen LogP contribution in [0.25, 0.3) is 0 Å². The molecule has 4 N–H and O–H groups in total. The normalized spacial score (nSPS) is 11.7. The van der Waals surface area contributed by atoms with Gasteiger partial charge in [0, 0.05) is 11.3 Å². The number of hydrogen-bond donors (Lipinski definition) is 3. The number of primary amides is 1. The summed E-state index contributed by atoms with van der Waals surface area (Å²) in [6, 6.07) is 1.37. The molecule has 0 aliphatic carbocycles. The van der Waals surface area contributed by atoms with Crippen LogP contribution in [0.4, 0.5) is 0 Å². The maximum absolute atomic E-state index is 11.8. The lowest BCUT2D eigenvalue weighted by molar-refractivity contribution is -0.140. The van der Waals surface area contributed by atoms with Gasteiger partial charge >= 0.3 is 5.97 Å². The van der Waals surface area contributed by atoms with Gasteiger partial charge in [0.05, 0.1) is 6.42 Å². The smallest absolute Gasteiger partial charge is 0.326 e. The molecular weight excluding hydrogens is 274 g/mol. The summed E-state index contributed by atoms with van der Waals surface area (Å²) in [6.07, 6.45) is -0.487. The predicted molar refractivity (Wildman–Crippen MR) is 66.7 cm³/mol. The first-order chi connectivity index (χ1) is 8.79. The summed E-state index contributed by atoms with van der Waals surface area (Å²) in [5, 5.41) is 11.2. The third-order valence-electron chi connectivity index (χ3n) is 2.19. The number of pyridine rings is 1. The van der Waals surface area contributed by atoms with Crippen LogP contribution in [0.3, 0.4) is 0 Å². The number of carboxylic acids is 1. The minimum Gasteiger partial charge on any atom is -0.480 e. The molecule has 19 heavy (non-hydrogen) atoms. The van der Waals surface area contributed by atoms with E-state index >= 15 is 0 Å². The van der Waals surface area contributed by atoms with Gasteiger partial charge in [-0.05, 0) is 19.1 Å². The zero-order chi connectivity index (χ0) is 14.6. The van der Waals surface area contributed by atoms with Crippen LogP contribution >= 0.6 is 11.6 Å². The van der Waals surface area contributed by atoms with E-state index in [1.54, 1.807) is 6.92 Å². The van der Waals surface area contributed by atoms with Gasteiger partial charge in [0.2, 0.25) is 5.91 Å². The van der Waals surface area contributed by atoms with E-state index in [9.17, 15) is 14.4 Å². The molecule has 0 saturated heterocycles. The summed E-state index contributed by atoms with van der Waals surface area (Å²) in [5.41, 5.74) is 5.58. The van der Waals surface area contributed by atoms with Crippen molar-refractivity contribution in [2.24, 2.45) is 5.73 Å². The van der Waals surface area contributed by atoms with E-state index in [2.05, 4.69) is 10.3 Å². The van der Waals surface area contributed by atoms with Crippen LogP contribution in [-0.2, 0) is 9.59 Å². The lowest BCUT2D eigenvalue weighted by Gasteiger charge is -2.13. The number of amides is 2. The topological polar surface area (TPSA) is 122 Å². The first-order valence-corrected chi connectivity index (χ1v) is 5.63. The van der Waals surface area contributed by atoms with Crippen molar-refractivity contribution in [3.05, 3.63) is 28.5 Å². The minimum atomic E-state index is -1.38.